The highest BCUT2D eigenvalue weighted by molar-refractivity contribution is 7.22. The first kappa shape index (κ1) is 24.1. The van der Waals surface area contributed by atoms with Crippen LogP contribution in [0.5, 0.6) is 5.75 Å². The van der Waals surface area contributed by atoms with E-state index in [2.05, 4.69) is 11.9 Å². The van der Waals surface area contributed by atoms with E-state index in [1.165, 1.54) is 34.4 Å². The molecule has 0 radical (unpaired) electrons. The number of hydrogen-bond donors (Lipinski definition) is 1. The predicted molar refractivity (Wildman–Crippen MR) is 140 cm³/mol. The molecule has 0 fully saturated rings. The number of amides is 1. The molecule has 0 saturated carbocycles. The molecule has 0 bridgehead atoms. The molecule has 0 saturated heterocycles. The van der Waals surface area contributed by atoms with Gasteiger partial charge in [-0.25, -0.2) is 9.37 Å². The maximum Gasteiger partial charge on any atom is 0.296 e. The fraction of sp³-hybridized carbons (Fsp3) is 0.222. The van der Waals surface area contributed by atoms with Gasteiger partial charge in [0.05, 0.1) is 33.3 Å². The molecule has 3 heterocycles. The number of hydrogen-bond acceptors (Lipinski definition) is 7. The van der Waals surface area contributed by atoms with Crippen LogP contribution in [0.4, 0.5) is 9.52 Å². The molecule has 1 unspecified atom stereocenters. The van der Waals surface area contributed by atoms with Crippen molar-refractivity contribution in [1.82, 2.24) is 4.98 Å². The summed E-state index contributed by atoms with van der Waals surface area (Å²) in [4.78, 5) is 33.0. The highest BCUT2D eigenvalue weighted by Gasteiger charge is 2.46. The maximum absolute atomic E-state index is 13.8. The molecule has 184 valence electrons. The van der Waals surface area contributed by atoms with Crippen molar-refractivity contribution in [3.63, 3.8) is 0 Å². The summed E-state index contributed by atoms with van der Waals surface area (Å²) in [5.74, 6) is -1.48. The Hall–Kier alpha value is -3.56. The van der Waals surface area contributed by atoms with Crippen LogP contribution in [0.1, 0.15) is 47.5 Å². The van der Waals surface area contributed by atoms with Crippen molar-refractivity contribution in [2.24, 2.45) is 0 Å². The average molecular weight is 523 g/mol. The summed E-state index contributed by atoms with van der Waals surface area (Å²) in [6, 6.07) is 13.8. The number of aliphatic hydroxyl groups is 1. The Kier molecular flexibility index (Phi) is 6.84. The molecule has 1 N–H and O–H groups in total. The Balaban J connectivity index is 1.55. The molecule has 4 aromatic rings. The van der Waals surface area contributed by atoms with Gasteiger partial charge in [-0.05, 0) is 53.8 Å². The normalized spacial score (nSPS) is 15.8. The van der Waals surface area contributed by atoms with Crippen LogP contribution >= 0.6 is 22.7 Å². The van der Waals surface area contributed by atoms with Gasteiger partial charge in [-0.1, -0.05) is 49.3 Å². The molecular formula is C27H23FN2O4S2. The summed E-state index contributed by atoms with van der Waals surface area (Å²) in [6.07, 6.45) is 3.14. The highest BCUT2D eigenvalue weighted by Crippen LogP contribution is 2.44. The molecule has 36 heavy (non-hydrogen) atoms. The molecule has 0 aliphatic carbocycles. The number of nitrogens with zero attached hydrogens (tertiary/aromatic N) is 2. The summed E-state index contributed by atoms with van der Waals surface area (Å²) in [5.41, 5.74) is 1.14. The van der Waals surface area contributed by atoms with Crippen molar-refractivity contribution in [3.8, 4) is 5.75 Å². The number of carbonyl (C=O) groups is 2. The smallest absolute Gasteiger partial charge is 0.296 e. The number of aromatic nitrogens is 1. The Morgan fingerprint density at radius 2 is 1.97 bits per heavy atom. The van der Waals surface area contributed by atoms with Crippen molar-refractivity contribution in [1.29, 1.82) is 0 Å². The van der Waals surface area contributed by atoms with Crippen LogP contribution < -0.4 is 9.64 Å². The van der Waals surface area contributed by atoms with Crippen molar-refractivity contribution in [2.75, 3.05) is 11.5 Å². The first-order chi connectivity index (χ1) is 17.5. The van der Waals surface area contributed by atoms with E-state index in [1.54, 1.807) is 41.8 Å². The van der Waals surface area contributed by atoms with Gasteiger partial charge in [-0.2, -0.15) is 0 Å². The molecule has 1 amide bonds. The molecule has 1 atom stereocenters. The van der Waals surface area contributed by atoms with E-state index in [0.29, 0.717) is 33.0 Å². The number of benzene rings is 2. The van der Waals surface area contributed by atoms with E-state index in [4.69, 9.17) is 4.74 Å². The van der Waals surface area contributed by atoms with Crippen LogP contribution in [0.15, 0.2) is 71.3 Å². The van der Waals surface area contributed by atoms with E-state index in [9.17, 15) is 19.1 Å². The van der Waals surface area contributed by atoms with Crippen molar-refractivity contribution in [3.05, 3.63) is 87.6 Å². The van der Waals surface area contributed by atoms with Crippen LogP contribution in [-0.4, -0.2) is 28.4 Å². The number of unbranched alkanes of at least 4 members (excludes halogenated alkanes) is 2. The summed E-state index contributed by atoms with van der Waals surface area (Å²) < 4.78 is 20.2. The topological polar surface area (TPSA) is 79.7 Å². The molecule has 6 nitrogen and oxygen atoms in total. The lowest BCUT2D eigenvalue weighted by atomic mass is 9.95. The summed E-state index contributed by atoms with van der Waals surface area (Å²) in [5, 5.41) is 12.9. The lowest BCUT2D eigenvalue weighted by molar-refractivity contribution is -0.117. The maximum atomic E-state index is 13.8. The monoisotopic (exact) mass is 522 g/mol. The van der Waals surface area contributed by atoms with E-state index >= 15 is 0 Å². The van der Waals surface area contributed by atoms with Crippen molar-refractivity contribution < 1.29 is 23.8 Å². The van der Waals surface area contributed by atoms with Gasteiger partial charge >= 0.3 is 0 Å². The van der Waals surface area contributed by atoms with Gasteiger partial charge in [-0.15, -0.1) is 11.3 Å². The van der Waals surface area contributed by atoms with E-state index in [0.717, 1.165) is 30.6 Å². The summed E-state index contributed by atoms with van der Waals surface area (Å²) >= 11 is 2.36. The van der Waals surface area contributed by atoms with Crippen molar-refractivity contribution in [2.45, 2.75) is 32.2 Å². The molecule has 9 heteroatoms. The minimum atomic E-state index is -0.897. The second kappa shape index (κ2) is 10.2. The fourth-order valence-corrected chi connectivity index (χ4v) is 5.86. The number of rotatable bonds is 9. The van der Waals surface area contributed by atoms with Crippen LogP contribution in [0, 0.1) is 5.82 Å². The fourth-order valence-electron chi connectivity index (χ4n) is 4.17. The first-order valence-electron chi connectivity index (χ1n) is 11.6. The third-order valence-electron chi connectivity index (χ3n) is 5.96. The number of ether oxygens (including phenoxy) is 1. The zero-order valence-electron chi connectivity index (χ0n) is 19.4. The SMILES string of the molecule is CCCCCOc1ccc(C2C(C(=O)c3cccs3)=C(O)C(=O)N2c2nc3ccc(F)cc3s2)cc1. The zero-order valence-corrected chi connectivity index (χ0v) is 21.1. The number of fused-ring (bicyclic) bond motifs is 1. The van der Waals surface area contributed by atoms with Gasteiger partial charge in [0.25, 0.3) is 5.91 Å². The Morgan fingerprint density at radius 3 is 2.69 bits per heavy atom. The molecular weight excluding hydrogens is 499 g/mol. The van der Waals surface area contributed by atoms with Gasteiger partial charge < -0.3 is 9.84 Å². The lowest BCUT2D eigenvalue weighted by Crippen LogP contribution is -2.30. The molecule has 2 aromatic heterocycles. The van der Waals surface area contributed by atoms with Gasteiger partial charge in [0.15, 0.2) is 10.9 Å². The number of thiazole rings is 1. The second-order valence-electron chi connectivity index (χ2n) is 8.38. The molecule has 2 aromatic carbocycles. The van der Waals surface area contributed by atoms with Crippen LogP contribution in [0.2, 0.25) is 0 Å². The molecule has 5 rings (SSSR count). The Labute approximate surface area is 215 Å². The van der Waals surface area contributed by atoms with Crippen LogP contribution in [0.3, 0.4) is 0 Å². The predicted octanol–water partition coefficient (Wildman–Crippen LogP) is 6.85. The number of Topliss-reactive ketones (excluding diaryl/α,β-unsaturated/α-hetero) is 1. The third kappa shape index (κ3) is 4.52. The summed E-state index contributed by atoms with van der Waals surface area (Å²) in [7, 11) is 0. The number of halogens is 1. The highest BCUT2D eigenvalue weighted by atomic mass is 32.1. The number of carbonyl (C=O) groups excluding carboxylic acids is 2. The van der Waals surface area contributed by atoms with Gasteiger partial charge in [0.2, 0.25) is 5.78 Å². The van der Waals surface area contributed by atoms with Gasteiger partial charge in [0, 0.05) is 0 Å². The van der Waals surface area contributed by atoms with Gasteiger partial charge in [-0.3, -0.25) is 14.5 Å². The molecule has 1 aliphatic rings. The Bertz CT molecular complexity index is 1440. The second-order valence-corrected chi connectivity index (χ2v) is 10.3. The number of aliphatic hydroxyl groups excluding tert-OH is 1. The average Bonchev–Trinajstić information content (AvgIpc) is 3.61. The molecule has 0 spiro atoms. The first-order valence-corrected chi connectivity index (χ1v) is 13.3. The van der Waals surface area contributed by atoms with E-state index in [-0.39, 0.29) is 10.7 Å². The number of thiophene rings is 1. The van der Waals surface area contributed by atoms with Gasteiger partial charge in [0.1, 0.15) is 11.6 Å². The number of ketones is 1. The minimum Gasteiger partial charge on any atom is -0.503 e. The van der Waals surface area contributed by atoms with Crippen LogP contribution in [0.25, 0.3) is 10.2 Å². The minimum absolute atomic E-state index is 0.00972. The summed E-state index contributed by atoms with van der Waals surface area (Å²) in [6.45, 7) is 2.73. The zero-order chi connectivity index (χ0) is 25.2. The standard InChI is InChI=1S/C27H23FN2O4S2/c1-2-3-4-13-34-18-10-7-16(8-11-18)23-22(24(31)20-6-5-14-35-20)25(32)26(33)30(23)27-29-19-12-9-17(28)15-21(19)36-27/h5-12,14-15,23,32H,2-4,13H2,1H3. The van der Waals surface area contributed by atoms with E-state index < -0.39 is 29.3 Å². The lowest BCUT2D eigenvalue weighted by Gasteiger charge is -2.24. The van der Waals surface area contributed by atoms with E-state index in [1.807, 2.05) is 0 Å². The largest absolute Gasteiger partial charge is 0.503 e. The Morgan fingerprint density at radius 1 is 1.17 bits per heavy atom. The quantitative estimate of drug-likeness (QED) is 0.192. The van der Waals surface area contributed by atoms with Crippen LogP contribution in [-0.2, 0) is 4.79 Å². The number of anilines is 1. The third-order valence-corrected chi connectivity index (χ3v) is 7.84. The van der Waals surface area contributed by atoms with Crippen molar-refractivity contribution >= 4 is 49.7 Å². The molecule has 1 aliphatic heterocycles.